The molecule has 78 valence electrons. The molecule has 0 unspecified atom stereocenters. The van der Waals surface area contributed by atoms with Crippen molar-refractivity contribution in [2.24, 2.45) is 0 Å². The van der Waals surface area contributed by atoms with Gasteiger partial charge in [0.1, 0.15) is 6.20 Å². The zero-order valence-corrected chi connectivity index (χ0v) is 9.05. The van der Waals surface area contributed by atoms with Crippen LogP contribution < -0.4 is 10.2 Å². The molecule has 1 rings (SSSR count). The van der Waals surface area contributed by atoms with Gasteiger partial charge in [0.05, 0.1) is 4.90 Å². The highest BCUT2D eigenvalue weighted by molar-refractivity contribution is 7.94. The summed E-state index contributed by atoms with van der Waals surface area (Å²) in [6.07, 6.45) is 2.71. The minimum absolute atomic E-state index is 0.126. The molecular formula is C6H9N3O3S2. The van der Waals surface area contributed by atoms with Crippen LogP contribution in [0.2, 0.25) is 0 Å². The molecule has 14 heavy (non-hydrogen) atoms. The maximum atomic E-state index is 11.1. The number of hydrogen-bond donors (Lipinski definition) is 2. The maximum absolute atomic E-state index is 11.1. The Morgan fingerprint density at radius 2 is 2.57 bits per heavy atom. The van der Waals surface area contributed by atoms with E-state index in [2.05, 4.69) is 32.4 Å². The van der Waals surface area contributed by atoms with E-state index in [1.54, 1.807) is 0 Å². The summed E-state index contributed by atoms with van der Waals surface area (Å²) in [6.45, 7) is 2.44. The number of hydroxylamine groups is 1. The molecule has 0 bridgehead atoms. The molecule has 0 aliphatic rings. The lowest BCUT2D eigenvalue weighted by molar-refractivity contribution is -0.653. The van der Waals surface area contributed by atoms with Crippen molar-refractivity contribution in [2.75, 3.05) is 6.54 Å². The van der Waals surface area contributed by atoms with Crippen molar-refractivity contribution in [2.45, 2.75) is 17.0 Å². The van der Waals surface area contributed by atoms with Gasteiger partial charge in [0.15, 0.2) is 18.2 Å². The lowest BCUT2D eigenvalue weighted by Gasteiger charge is -2.03. The Balaban J connectivity index is 2.42. The molecule has 1 aromatic rings. The Morgan fingerprint density at radius 3 is 3.21 bits per heavy atom. The Hall–Kier alpha value is -0.540. The van der Waals surface area contributed by atoms with Crippen molar-refractivity contribution in [1.29, 1.82) is 0 Å². The summed E-state index contributed by atoms with van der Waals surface area (Å²) >= 11 is 4.67. The van der Waals surface area contributed by atoms with Gasteiger partial charge in [-0.2, -0.15) is 5.48 Å². The third-order valence-corrected chi connectivity index (χ3v) is 1.89. The molecule has 0 amide bonds. The van der Waals surface area contributed by atoms with E-state index in [0.29, 0.717) is 28.2 Å². The van der Waals surface area contributed by atoms with Crippen molar-refractivity contribution in [1.82, 2.24) is 10.5 Å². The van der Waals surface area contributed by atoms with Crippen LogP contribution in [-0.4, -0.2) is 11.5 Å². The van der Waals surface area contributed by atoms with Gasteiger partial charge >= 0.3 is 5.16 Å². The topological polar surface area (TPSA) is 70.3 Å². The first-order chi connectivity index (χ1) is 6.74. The predicted molar refractivity (Wildman–Crippen MR) is 52.2 cm³/mol. The van der Waals surface area contributed by atoms with E-state index < -0.39 is 0 Å². The second-order valence-electron chi connectivity index (χ2n) is 2.15. The quantitative estimate of drug-likeness (QED) is 0.113. The highest BCUT2D eigenvalue weighted by atomic mass is 32.2. The number of nitrogens with zero attached hydrogens (tertiary/aromatic N) is 2. The summed E-state index contributed by atoms with van der Waals surface area (Å²) in [7, 11) is 0. The van der Waals surface area contributed by atoms with E-state index in [0.717, 1.165) is 0 Å². The molecule has 0 saturated carbocycles. The molecule has 1 heterocycles. The Labute approximate surface area is 90.7 Å². The molecule has 0 radical (unpaired) electrons. The molecule has 0 saturated heterocycles. The van der Waals surface area contributed by atoms with E-state index in [4.69, 9.17) is 0 Å². The zero-order chi connectivity index (χ0) is 10.4. The molecule has 1 N–H and O–H groups in total. The van der Waals surface area contributed by atoms with Crippen LogP contribution in [0.4, 0.5) is 0 Å². The molecular weight excluding hydrogens is 226 g/mol. The lowest BCUT2D eigenvalue weighted by atomic mass is 10.7. The third-order valence-electron chi connectivity index (χ3n) is 1.09. The Bertz CT molecular complexity index is 300. The van der Waals surface area contributed by atoms with Gasteiger partial charge in [0, 0.05) is 6.54 Å². The van der Waals surface area contributed by atoms with Gasteiger partial charge in [-0.25, -0.2) is 4.73 Å². The van der Waals surface area contributed by atoms with Gasteiger partial charge < -0.3 is 5.21 Å². The van der Waals surface area contributed by atoms with Crippen molar-refractivity contribution in [3.63, 3.8) is 0 Å². The van der Waals surface area contributed by atoms with Crippen molar-refractivity contribution < 1.29 is 14.1 Å². The molecule has 0 aliphatic heterocycles. The first kappa shape index (κ1) is 11.5. The standard InChI is InChI=1S/C6H9N3O3S2/c1-2-8-11-12-14-6-7-3-5(13)4-9(6)10/h3-4,8,13H,2H2,1H3. The van der Waals surface area contributed by atoms with Crippen molar-refractivity contribution >= 4 is 24.7 Å². The van der Waals surface area contributed by atoms with E-state index in [9.17, 15) is 5.21 Å². The third kappa shape index (κ3) is 3.68. The monoisotopic (exact) mass is 235 g/mol. The predicted octanol–water partition coefficient (Wildman–Crippen LogP) is 0.483. The van der Waals surface area contributed by atoms with E-state index >= 15 is 0 Å². The van der Waals surface area contributed by atoms with Gasteiger partial charge in [-0.05, 0) is 4.98 Å². The zero-order valence-electron chi connectivity index (χ0n) is 7.34. The van der Waals surface area contributed by atoms with Gasteiger partial charge in [-0.15, -0.1) is 22.0 Å². The number of rotatable bonds is 5. The van der Waals surface area contributed by atoms with Crippen LogP contribution in [0.15, 0.2) is 22.4 Å². The summed E-state index contributed by atoms with van der Waals surface area (Å²) in [4.78, 5) is 8.74. The Morgan fingerprint density at radius 1 is 1.79 bits per heavy atom. The summed E-state index contributed by atoms with van der Waals surface area (Å²) in [5.74, 6) is 0. The molecule has 0 spiro atoms. The van der Waals surface area contributed by atoms with Crippen LogP contribution in [0, 0.1) is 5.21 Å². The maximum Gasteiger partial charge on any atom is 0.392 e. The van der Waals surface area contributed by atoms with Crippen LogP contribution in [0.3, 0.4) is 0 Å². The van der Waals surface area contributed by atoms with Crippen LogP contribution in [0.5, 0.6) is 0 Å². The van der Waals surface area contributed by atoms with Crippen LogP contribution in [0.1, 0.15) is 6.92 Å². The molecule has 0 aromatic carbocycles. The fourth-order valence-electron chi connectivity index (χ4n) is 0.576. The van der Waals surface area contributed by atoms with Crippen molar-refractivity contribution in [3.05, 3.63) is 17.6 Å². The fourth-order valence-corrected chi connectivity index (χ4v) is 1.10. The highest BCUT2D eigenvalue weighted by Crippen LogP contribution is 2.12. The fraction of sp³-hybridized carbons (Fsp3) is 0.333. The summed E-state index contributed by atoms with van der Waals surface area (Å²) in [5, 5.41) is 11.3. The highest BCUT2D eigenvalue weighted by Gasteiger charge is 2.10. The van der Waals surface area contributed by atoms with Gasteiger partial charge in [-0.1, -0.05) is 6.92 Å². The van der Waals surface area contributed by atoms with Crippen LogP contribution >= 0.6 is 24.7 Å². The number of nitrogens with one attached hydrogen (secondary N) is 1. The smallest absolute Gasteiger partial charge is 0.392 e. The SMILES string of the molecule is CCNOOSc1ncc(S)c[n+]1[O-]. The number of aromatic nitrogens is 2. The number of thiol groups is 1. The minimum Gasteiger partial charge on any atom is -0.710 e. The average molecular weight is 235 g/mol. The second-order valence-corrected chi connectivity index (χ2v) is 3.34. The minimum atomic E-state index is 0.126. The van der Waals surface area contributed by atoms with Crippen LogP contribution in [-0.2, 0) is 9.32 Å². The largest absolute Gasteiger partial charge is 0.710 e. The van der Waals surface area contributed by atoms with Gasteiger partial charge in [0.2, 0.25) is 0 Å². The van der Waals surface area contributed by atoms with E-state index in [-0.39, 0.29) is 5.16 Å². The average Bonchev–Trinajstić information content (AvgIpc) is 2.15. The van der Waals surface area contributed by atoms with Gasteiger partial charge in [0.25, 0.3) is 0 Å². The molecule has 6 nitrogen and oxygen atoms in total. The molecule has 0 fully saturated rings. The number of hydrogen-bond acceptors (Lipinski definition) is 7. The van der Waals surface area contributed by atoms with Crippen LogP contribution in [0.25, 0.3) is 0 Å². The first-order valence-electron chi connectivity index (χ1n) is 3.75. The summed E-state index contributed by atoms with van der Waals surface area (Å²) < 4.78 is 5.12. The second kappa shape index (κ2) is 6.04. The van der Waals surface area contributed by atoms with E-state index in [1.165, 1.54) is 12.4 Å². The summed E-state index contributed by atoms with van der Waals surface area (Å²) in [6, 6.07) is 0. The normalized spacial score (nSPS) is 10.4. The Kier molecular flexibility index (Phi) is 4.98. The summed E-state index contributed by atoms with van der Waals surface area (Å²) in [5.41, 5.74) is 2.45. The molecule has 0 aliphatic carbocycles. The molecule has 8 heteroatoms. The molecule has 0 atom stereocenters. The molecule has 1 aromatic heterocycles. The van der Waals surface area contributed by atoms with Gasteiger partial charge in [-0.3, -0.25) is 0 Å². The van der Waals surface area contributed by atoms with E-state index in [1.807, 2.05) is 6.92 Å². The van der Waals surface area contributed by atoms with Crippen molar-refractivity contribution in [3.8, 4) is 0 Å². The lowest BCUT2D eigenvalue weighted by Crippen LogP contribution is -2.30. The first-order valence-corrected chi connectivity index (χ1v) is 4.94.